The van der Waals surface area contributed by atoms with Gasteiger partial charge in [-0.2, -0.15) is 0 Å². The molecule has 12 aromatic rings. The van der Waals surface area contributed by atoms with Gasteiger partial charge in [-0.25, -0.2) is 15.0 Å². The summed E-state index contributed by atoms with van der Waals surface area (Å²) in [6.45, 7) is 0. The molecule has 62 heavy (non-hydrogen) atoms. The molecule has 0 N–H and O–H groups in total. The van der Waals surface area contributed by atoms with Gasteiger partial charge in [-0.3, -0.25) is 0 Å². The predicted octanol–water partition coefficient (Wildman–Crippen LogP) is 15.5. The van der Waals surface area contributed by atoms with Crippen LogP contribution >= 0.6 is 0 Å². The molecule has 0 unspecified atom stereocenters. The third kappa shape index (κ3) is 5.59. The summed E-state index contributed by atoms with van der Waals surface area (Å²) in [5.74, 6) is 1.75. The van der Waals surface area contributed by atoms with Gasteiger partial charge in [0.2, 0.25) is 0 Å². The lowest BCUT2D eigenvalue weighted by Gasteiger charge is -2.13. The molecule has 3 heterocycles. The van der Waals surface area contributed by atoms with E-state index in [1.165, 1.54) is 21.7 Å². The van der Waals surface area contributed by atoms with Crippen LogP contribution < -0.4 is 0 Å². The Morgan fingerprint density at radius 1 is 0.371 bits per heavy atom. The van der Waals surface area contributed by atoms with Crippen molar-refractivity contribution in [2.24, 2.45) is 0 Å². The zero-order valence-corrected chi connectivity index (χ0v) is 33.5. The second kappa shape index (κ2) is 13.7. The summed E-state index contributed by atoms with van der Waals surface area (Å²) in [4.78, 5) is 15.6. The van der Waals surface area contributed by atoms with Gasteiger partial charge in [0.15, 0.2) is 17.5 Å². The van der Waals surface area contributed by atoms with Crippen molar-refractivity contribution >= 4 is 81.8 Å². The number of hydrogen-bond acceptors (Lipinski definition) is 5. The van der Waals surface area contributed by atoms with E-state index >= 15 is 0 Å². The molecule has 5 heteroatoms. The fourth-order valence-corrected chi connectivity index (χ4v) is 9.46. The minimum absolute atomic E-state index is 0.558. The van der Waals surface area contributed by atoms with Gasteiger partial charge in [0.1, 0.15) is 22.3 Å². The standard InChI is InChI=1S/C57H35N3O2/c1-2-11-34(12-3-1)42-32-49(53-47-16-7-9-20-51(47)61-52(53)33-42)39-25-22-37-30-40(26-23-36(37)29-39)55-58-56(41-27-28-44-38(31-41)24-21-35-13-4-5-14-43(35)44)60-57(59-55)48-18-10-17-46-45-15-6-8-19-50(45)62-54(46)48/h2,4-33H,1,3H2. The average Bonchev–Trinajstić information content (AvgIpc) is 3.92. The fraction of sp³-hybridized carbons (Fsp3) is 0.0351. The quantitative estimate of drug-likeness (QED) is 0.162. The number of nitrogens with zero attached hydrogens (tertiary/aromatic N) is 3. The molecule has 5 nitrogen and oxygen atoms in total. The number of fused-ring (bicyclic) bond motifs is 10. The van der Waals surface area contributed by atoms with Crippen molar-refractivity contribution < 1.29 is 8.83 Å². The Bertz CT molecular complexity index is 3890. The summed E-state index contributed by atoms with van der Waals surface area (Å²) in [6.07, 6.45) is 8.92. The number of benzene rings is 9. The molecule has 9 aromatic carbocycles. The molecule has 290 valence electrons. The van der Waals surface area contributed by atoms with E-state index in [1.54, 1.807) is 0 Å². The highest BCUT2D eigenvalue weighted by Crippen LogP contribution is 2.41. The monoisotopic (exact) mass is 793 g/mol. The van der Waals surface area contributed by atoms with Crippen LogP contribution in [0.3, 0.4) is 0 Å². The van der Waals surface area contributed by atoms with Crippen LogP contribution in [-0.2, 0) is 0 Å². The number of furan rings is 2. The van der Waals surface area contributed by atoms with Crippen LogP contribution in [0.4, 0.5) is 0 Å². The molecule has 13 rings (SSSR count). The Kier molecular flexibility index (Phi) is 7.66. The van der Waals surface area contributed by atoms with Crippen LogP contribution in [0.5, 0.6) is 0 Å². The molecule has 1 aliphatic rings. The maximum Gasteiger partial charge on any atom is 0.167 e. The van der Waals surface area contributed by atoms with Crippen LogP contribution in [0.15, 0.2) is 197 Å². The van der Waals surface area contributed by atoms with E-state index in [4.69, 9.17) is 23.8 Å². The third-order valence-corrected chi connectivity index (χ3v) is 12.5. The summed E-state index contributed by atoms with van der Waals surface area (Å²) in [7, 11) is 0. The number of allylic oxidation sites excluding steroid dienone is 4. The summed E-state index contributed by atoms with van der Waals surface area (Å²) >= 11 is 0. The van der Waals surface area contributed by atoms with Crippen LogP contribution in [0.25, 0.3) is 127 Å². The highest BCUT2D eigenvalue weighted by Gasteiger charge is 2.20. The van der Waals surface area contributed by atoms with E-state index in [1.807, 2.05) is 30.3 Å². The molecule has 0 amide bonds. The van der Waals surface area contributed by atoms with Crippen molar-refractivity contribution in [2.45, 2.75) is 12.8 Å². The zero-order valence-electron chi connectivity index (χ0n) is 33.5. The van der Waals surface area contributed by atoms with Gasteiger partial charge in [0.25, 0.3) is 0 Å². The molecule has 0 saturated heterocycles. The summed E-state index contributed by atoms with van der Waals surface area (Å²) in [6, 6.07) is 59.7. The molecule has 0 aliphatic heterocycles. The van der Waals surface area contributed by atoms with Crippen LogP contribution in [-0.4, -0.2) is 15.0 Å². The van der Waals surface area contributed by atoms with Gasteiger partial charge in [-0.05, 0) is 116 Å². The van der Waals surface area contributed by atoms with Crippen molar-refractivity contribution in [1.29, 1.82) is 0 Å². The number of hydrogen-bond donors (Lipinski definition) is 0. The minimum Gasteiger partial charge on any atom is -0.456 e. The molecular formula is C57H35N3O2. The second-order valence-electron chi connectivity index (χ2n) is 16.2. The zero-order chi connectivity index (χ0) is 40.7. The van der Waals surface area contributed by atoms with E-state index in [0.717, 1.165) is 106 Å². The Hall–Kier alpha value is -8.15. The highest BCUT2D eigenvalue weighted by atomic mass is 16.3. The third-order valence-electron chi connectivity index (χ3n) is 12.5. The van der Waals surface area contributed by atoms with E-state index < -0.39 is 0 Å². The van der Waals surface area contributed by atoms with Gasteiger partial charge in [-0.1, -0.05) is 140 Å². The largest absolute Gasteiger partial charge is 0.456 e. The van der Waals surface area contributed by atoms with Crippen molar-refractivity contribution in [3.05, 3.63) is 194 Å². The molecule has 0 saturated carbocycles. The lowest BCUT2D eigenvalue weighted by Crippen LogP contribution is -2.00. The molecule has 1 aliphatic carbocycles. The van der Waals surface area contributed by atoms with Crippen molar-refractivity contribution in [1.82, 2.24) is 15.0 Å². The Morgan fingerprint density at radius 2 is 1.00 bits per heavy atom. The van der Waals surface area contributed by atoms with E-state index in [2.05, 4.69) is 158 Å². The first kappa shape index (κ1) is 34.7. The van der Waals surface area contributed by atoms with Crippen LogP contribution in [0.1, 0.15) is 18.4 Å². The molecule has 0 radical (unpaired) electrons. The smallest absolute Gasteiger partial charge is 0.167 e. The van der Waals surface area contributed by atoms with Crippen molar-refractivity contribution in [3.8, 4) is 45.3 Å². The predicted molar refractivity (Wildman–Crippen MR) is 255 cm³/mol. The Morgan fingerprint density at radius 3 is 1.82 bits per heavy atom. The minimum atomic E-state index is 0.558. The lowest BCUT2D eigenvalue weighted by atomic mass is 9.91. The first-order chi connectivity index (χ1) is 30.7. The van der Waals surface area contributed by atoms with Crippen LogP contribution in [0, 0.1) is 0 Å². The van der Waals surface area contributed by atoms with E-state index in [-0.39, 0.29) is 0 Å². The van der Waals surface area contributed by atoms with Gasteiger partial charge in [-0.15, -0.1) is 0 Å². The Balaban J connectivity index is 0.969. The Labute approximate surface area is 355 Å². The molecule has 0 fully saturated rings. The van der Waals surface area contributed by atoms with E-state index in [9.17, 15) is 0 Å². The summed E-state index contributed by atoms with van der Waals surface area (Å²) in [5.41, 5.74) is 10.7. The molecule has 0 bridgehead atoms. The van der Waals surface area contributed by atoms with Crippen molar-refractivity contribution in [2.75, 3.05) is 0 Å². The van der Waals surface area contributed by atoms with Crippen molar-refractivity contribution in [3.63, 3.8) is 0 Å². The normalized spacial score (nSPS) is 13.1. The lowest BCUT2D eigenvalue weighted by molar-refractivity contribution is 0.668. The first-order valence-electron chi connectivity index (χ1n) is 21.1. The molecule has 0 atom stereocenters. The topological polar surface area (TPSA) is 65.0 Å². The van der Waals surface area contributed by atoms with Gasteiger partial charge in [0.05, 0.1) is 5.56 Å². The fourth-order valence-electron chi connectivity index (χ4n) is 9.46. The summed E-state index contributed by atoms with van der Waals surface area (Å²) in [5, 5.41) is 11.3. The van der Waals surface area contributed by atoms with Gasteiger partial charge in [0, 0.05) is 32.7 Å². The highest BCUT2D eigenvalue weighted by molar-refractivity contribution is 6.14. The average molecular weight is 794 g/mol. The second-order valence-corrected chi connectivity index (χ2v) is 16.2. The number of aromatic nitrogens is 3. The maximum absolute atomic E-state index is 6.51. The maximum atomic E-state index is 6.51. The molecule has 0 spiro atoms. The molecule has 3 aromatic heterocycles. The van der Waals surface area contributed by atoms with Gasteiger partial charge < -0.3 is 8.83 Å². The van der Waals surface area contributed by atoms with Crippen LogP contribution in [0.2, 0.25) is 0 Å². The molecular weight excluding hydrogens is 759 g/mol. The number of rotatable bonds is 5. The SMILES string of the molecule is C1=CC(c2cc(-c3ccc4cc(-c5nc(-c6ccc7c(ccc8ccccc87)c6)nc(-c6cccc7c6oc6ccccc67)n5)ccc4c3)c3c(c2)oc2ccccc23)=CCC1. The first-order valence-corrected chi connectivity index (χ1v) is 21.1. The van der Waals surface area contributed by atoms with Gasteiger partial charge >= 0.3 is 0 Å². The summed E-state index contributed by atoms with van der Waals surface area (Å²) < 4.78 is 13.0. The number of para-hydroxylation sites is 3. The van der Waals surface area contributed by atoms with E-state index in [0.29, 0.717) is 17.5 Å².